The van der Waals surface area contributed by atoms with Crippen LogP contribution in [0, 0.1) is 46.3 Å². The van der Waals surface area contributed by atoms with Crippen molar-refractivity contribution in [2.75, 3.05) is 19.8 Å². The Morgan fingerprint density at radius 3 is 2.06 bits per heavy atom. The lowest BCUT2D eigenvalue weighted by molar-refractivity contribution is -0.313. The molecule has 0 amide bonds. The standard InChI is InChI=1S/C39H66O15/c1-17(16-51-36-34(49)32(47)30(45)26(14-40)53-36)5-8-23(42)18(2)28-24(43)12-22-21-7-6-19-11-20(52-37-35(50)33(48)31(46)27(15-41)54-37)9-10-38(19,3)29(21)25(44)13-39(22,28)4/h6,17-18,20-37,40-50H,5,7-16H2,1-4H3/t17-,18-,20+,21+,22+,23-,24+,25-,26-,27-,28+,29-,30-,31-,32+,33+,34-,35-,36-,37-,38+,39+/m1/s1. The average Bonchev–Trinajstić information content (AvgIpc) is 3.41. The van der Waals surface area contributed by atoms with Gasteiger partial charge in [0.1, 0.15) is 48.8 Å². The Labute approximate surface area is 317 Å². The molecule has 6 rings (SSSR count). The van der Waals surface area contributed by atoms with E-state index in [2.05, 4.69) is 19.9 Å². The van der Waals surface area contributed by atoms with Crippen LogP contribution in [0.2, 0.25) is 0 Å². The van der Waals surface area contributed by atoms with E-state index in [1.165, 1.54) is 5.57 Å². The number of fused-ring (bicyclic) bond motifs is 5. The molecule has 2 aliphatic heterocycles. The molecular weight excluding hydrogens is 708 g/mol. The van der Waals surface area contributed by atoms with Crippen molar-refractivity contribution in [3.05, 3.63) is 11.6 Å². The number of aliphatic hydroxyl groups excluding tert-OH is 11. The lowest BCUT2D eigenvalue weighted by Crippen LogP contribution is -2.60. The van der Waals surface area contributed by atoms with Gasteiger partial charge in [0.25, 0.3) is 0 Å². The minimum atomic E-state index is -1.52. The van der Waals surface area contributed by atoms with Crippen molar-refractivity contribution < 1.29 is 75.1 Å². The van der Waals surface area contributed by atoms with Gasteiger partial charge < -0.3 is 75.1 Å². The molecule has 22 atom stereocenters. The fraction of sp³-hybridized carbons (Fsp3) is 0.949. The summed E-state index contributed by atoms with van der Waals surface area (Å²) in [7, 11) is 0. The van der Waals surface area contributed by atoms with Gasteiger partial charge in [-0.05, 0) is 97.7 Å². The van der Waals surface area contributed by atoms with Crippen LogP contribution in [0.1, 0.15) is 79.1 Å². The molecule has 3 saturated carbocycles. The van der Waals surface area contributed by atoms with Crippen LogP contribution in [-0.4, -0.2) is 162 Å². The van der Waals surface area contributed by atoms with Crippen LogP contribution in [0.3, 0.4) is 0 Å². The number of ether oxygens (including phenoxy) is 4. The second kappa shape index (κ2) is 16.8. The molecule has 6 aliphatic rings. The van der Waals surface area contributed by atoms with Gasteiger partial charge >= 0.3 is 0 Å². The third-order valence-corrected chi connectivity index (χ3v) is 14.8. The number of aliphatic hydroxyl groups is 11. The van der Waals surface area contributed by atoms with Gasteiger partial charge in [-0.1, -0.05) is 39.3 Å². The van der Waals surface area contributed by atoms with Gasteiger partial charge in [0.05, 0.1) is 44.2 Å². The van der Waals surface area contributed by atoms with Crippen molar-refractivity contribution in [1.82, 2.24) is 0 Å². The molecule has 0 radical (unpaired) electrons. The van der Waals surface area contributed by atoms with Crippen LogP contribution < -0.4 is 0 Å². The highest BCUT2D eigenvalue weighted by atomic mass is 16.7. The zero-order valence-electron chi connectivity index (χ0n) is 32.0. The highest BCUT2D eigenvalue weighted by Gasteiger charge is 2.65. The summed E-state index contributed by atoms with van der Waals surface area (Å²) in [4.78, 5) is 0. The van der Waals surface area contributed by atoms with Gasteiger partial charge in [-0.2, -0.15) is 0 Å². The van der Waals surface area contributed by atoms with Crippen molar-refractivity contribution in [3.63, 3.8) is 0 Å². The first kappa shape index (κ1) is 42.7. The highest BCUT2D eigenvalue weighted by Crippen LogP contribution is 2.67. The molecule has 0 aromatic heterocycles. The van der Waals surface area contributed by atoms with Gasteiger partial charge in [0.2, 0.25) is 0 Å². The molecular formula is C39H66O15. The summed E-state index contributed by atoms with van der Waals surface area (Å²) in [6.45, 7) is 7.38. The monoisotopic (exact) mass is 774 g/mol. The SMILES string of the molecule is C[C@H](CC[C@@H](O)[C@@H](C)[C@H]1[C@@H](O)C[C@H]2[C@@H]3CC=C4C[C@@H](O[C@@H]5O[C@H](CO)[C@@H](O)[C@H](O)[C@H]5O)CC[C@]4(C)[C@H]3[C@H](O)C[C@]12C)CO[C@@H]1O[C@H](CO)[C@@H](O)[C@H](O)[C@H]1O. The molecule has 0 aromatic carbocycles. The number of allylic oxidation sites excluding steroid dienone is 1. The molecule has 2 heterocycles. The predicted molar refractivity (Wildman–Crippen MR) is 190 cm³/mol. The van der Waals surface area contributed by atoms with E-state index in [1.807, 2.05) is 13.8 Å². The van der Waals surface area contributed by atoms with E-state index in [1.54, 1.807) is 0 Å². The number of rotatable bonds is 12. The minimum absolute atomic E-state index is 0.0282. The maximum Gasteiger partial charge on any atom is 0.186 e. The Kier molecular flexibility index (Phi) is 13.3. The Bertz CT molecular complexity index is 1280. The molecule has 15 heteroatoms. The molecule has 0 unspecified atom stereocenters. The van der Waals surface area contributed by atoms with Crippen molar-refractivity contribution in [2.24, 2.45) is 46.3 Å². The largest absolute Gasteiger partial charge is 0.394 e. The summed E-state index contributed by atoms with van der Waals surface area (Å²) in [5.41, 5.74) is 0.473. The topological polar surface area (TPSA) is 259 Å². The van der Waals surface area contributed by atoms with Crippen molar-refractivity contribution in [1.29, 1.82) is 0 Å². The van der Waals surface area contributed by atoms with E-state index >= 15 is 0 Å². The van der Waals surface area contributed by atoms with E-state index in [4.69, 9.17) is 18.9 Å². The van der Waals surface area contributed by atoms with Gasteiger partial charge in [0, 0.05) is 0 Å². The maximum atomic E-state index is 12.0. The first-order valence-corrected chi connectivity index (χ1v) is 20.1. The Balaban J connectivity index is 1.06. The lowest BCUT2D eigenvalue weighted by Gasteiger charge is -2.60. The third-order valence-electron chi connectivity index (χ3n) is 14.8. The van der Waals surface area contributed by atoms with Crippen LogP contribution in [0.4, 0.5) is 0 Å². The van der Waals surface area contributed by atoms with E-state index in [-0.39, 0.29) is 53.6 Å². The average molecular weight is 775 g/mol. The molecule has 0 aromatic rings. The van der Waals surface area contributed by atoms with E-state index in [0.29, 0.717) is 38.5 Å². The normalized spacial score (nSPS) is 51.0. The quantitative estimate of drug-likeness (QED) is 0.106. The second-order valence-electron chi connectivity index (χ2n) is 18.1. The number of hydrogen-bond donors (Lipinski definition) is 11. The lowest BCUT2D eigenvalue weighted by atomic mass is 9.46. The first-order chi connectivity index (χ1) is 25.5. The summed E-state index contributed by atoms with van der Waals surface area (Å²) in [5.74, 6) is -0.287. The van der Waals surface area contributed by atoms with Crippen molar-refractivity contribution >= 4 is 0 Å². The fourth-order valence-electron chi connectivity index (χ4n) is 11.8. The molecule has 15 nitrogen and oxygen atoms in total. The molecule has 2 saturated heterocycles. The summed E-state index contributed by atoms with van der Waals surface area (Å²) < 4.78 is 22.9. The van der Waals surface area contributed by atoms with Gasteiger partial charge in [-0.25, -0.2) is 0 Å². The summed E-state index contributed by atoms with van der Waals surface area (Å²) in [5, 5.41) is 116. The van der Waals surface area contributed by atoms with Crippen LogP contribution >= 0.6 is 0 Å². The van der Waals surface area contributed by atoms with Gasteiger partial charge in [-0.15, -0.1) is 0 Å². The third kappa shape index (κ3) is 7.71. The summed E-state index contributed by atoms with van der Waals surface area (Å²) >= 11 is 0. The highest BCUT2D eigenvalue weighted by molar-refractivity contribution is 5.27. The van der Waals surface area contributed by atoms with Crippen LogP contribution in [0.25, 0.3) is 0 Å². The number of hydrogen-bond acceptors (Lipinski definition) is 15. The molecule has 54 heavy (non-hydrogen) atoms. The minimum Gasteiger partial charge on any atom is -0.394 e. The fourth-order valence-corrected chi connectivity index (χ4v) is 11.8. The Morgan fingerprint density at radius 2 is 1.43 bits per heavy atom. The zero-order valence-corrected chi connectivity index (χ0v) is 32.0. The van der Waals surface area contributed by atoms with E-state index < -0.39 is 98.4 Å². The van der Waals surface area contributed by atoms with Gasteiger partial charge in [0.15, 0.2) is 12.6 Å². The zero-order chi connectivity index (χ0) is 39.4. The van der Waals surface area contributed by atoms with Crippen LogP contribution in [0.5, 0.6) is 0 Å². The molecule has 4 aliphatic carbocycles. The van der Waals surface area contributed by atoms with E-state index in [9.17, 15) is 56.2 Å². The van der Waals surface area contributed by atoms with Crippen LogP contribution in [0.15, 0.2) is 11.6 Å². The summed E-state index contributed by atoms with van der Waals surface area (Å²) in [6.07, 6.45) is -8.70. The van der Waals surface area contributed by atoms with Crippen molar-refractivity contribution in [3.8, 4) is 0 Å². The molecule has 0 bridgehead atoms. The van der Waals surface area contributed by atoms with Crippen LogP contribution in [-0.2, 0) is 18.9 Å². The smallest absolute Gasteiger partial charge is 0.186 e. The van der Waals surface area contributed by atoms with E-state index in [0.717, 1.165) is 12.8 Å². The van der Waals surface area contributed by atoms with Crippen molar-refractivity contribution in [2.45, 2.75) is 165 Å². The molecule has 0 spiro atoms. The summed E-state index contributed by atoms with van der Waals surface area (Å²) in [6, 6.07) is 0. The Hall–Kier alpha value is -0.860. The maximum absolute atomic E-state index is 12.0. The predicted octanol–water partition coefficient (Wildman–Crippen LogP) is -1.08. The first-order valence-electron chi connectivity index (χ1n) is 20.1. The Morgan fingerprint density at radius 1 is 0.815 bits per heavy atom. The molecule has 5 fully saturated rings. The van der Waals surface area contributed by atoms with Gasteiger partial charge in [-0.3, -0.25) is 0 Å². The second-order valence-corrected chi connectivity index (χ2v) is 18.1. The molecule has 312 valence electrons. The molecule has 11 N–H and O–H groups in total.